The molecule has 0 fully saturated rings. The lowest BCUT2D eigenvalue weighted by Gasteiger charge is -2.06. The van der Waals surface area contributed by atoms with Crippen LogP contribution in [0.5, 0.6) is 0 Å². The van der Waals surface area contributed by atoms with Gasteiger partial charge in [0.25, 0.3) is 5.69 Å². The lowest BCUT2D eigenvalue weighted by molar-refractivity contribution is -0.385. The van der Waals surface area contributed by atoms with Crippen LogP contribution in [0.1, 0.15) is 18.9 Å². The number of nitro groups is 1. The van der Waals surface area contributed by atoms with Gasteiger partial charge in [0.1, 0.15) is 0 Å². The monoisotopic (exact) mass is 251 g/mol. The minimum atomic E-state index is -0.455. The second kappa shape index (κ2) is 6.70. The highest BCUT2D eigenvalue weighted by atomic mass is 16.6. The largest absolute Gasteiger partial charge is 0.326 e. The van der Waals surface area contributed by atoms with E-state index < -0.39 is 4.92 Å². The van der Waals surface area contributed by atoms with Crippen molar-refractivity contribution in [1.29, 1.82) is 0 Å². The molecule has 0 unspecified atom stereocenters. The Morgan fingerprint density at radius 1 is 1.44 bits per heavy atom. The number of nitrogens with one attached hydrogen (secondary N) is 2. The molecule has 6 heteroatoms. The summed E-state index contributed by atoms with van der Waals surface area (Å²) in [5.74, 6) is -0.158. The second-order valence-electron chi connectivity index (χ2n) is 3.91. The van der Waals surface area contributed by atoms with Crippen LogP contribution in [0.2, 0.25) is 0 Å². The van der Waals surface area contributed by atoms with Crippen LogP contribution in [0, 0.1) is 17.0 Å². The molecule has 0 aliphatic carbocycles. The molecule has 0 aliphatic heterocycles. The lowest BCUT2D eigenvalue weighted by Crippen LogP contribution is -2.21. The Bertz CT molecular complexity index is 446. The molecule has 0 aliphatic rings. The van der Waals surface area contributed by atoms with Crippen LogP contribution in [-0.2, 0) is 4.79 Å². The number of amides is 1. The summed E-state index contributed by atoms with van der Waals surface area (Å²) in [6.45, 7) is 5.02. The number of benzene rings is 1. The molecule has 0 bridgehead atoms. The molecule has 0 aromatic heterocycles. The average molecular weight is 251 g/mol. The standard InChI is InChI=1S/C12H17N3O3/c1-3-13-7-6-12(16)14-10-5-4-9(2)11(8-10)15(17)18/h4-5,8,13H,3,6-7H2,1-2H3,(H,14,16). The zero-order chi connectivity index (χ0) is 13.5. The van der Waals surface area contributed by atoms with E-state index in [-0.39, 0.29) is 11.6 Å². The highest BCUT2D eigenvalue weighted by Crippen LogP contribution is 2.22. The van der Waals surface area contributed by atoms with Crippen molar-refractivity contribution in [3.8, 4) is 0 Å². The maximum absolute atomic E-state index is 11.5. The van der Waals surface area contributed by atoms with E-state index in [2.05, 4.69) is 10.6 Å². The maximum Gasteiger partial charge on any atom is 0.274 e. The number of nitrogens with zero attached hydrogens (tertiary/aromatic N) is 1. The zero-order valence-corrected chi connectivity index (χ0v) is 10.5. The van der Waals surface area contributed by atoms with E-state index in [4.69, 9.17) is 0 Å². The zero-order valence-electron chi connectivity index (χ0n) is 10.5. The molecule has 0 atom stereocenters. The quantitative estimate of drug-likeness (QED) is 0.459. The Morgan fingerprint density at radius 3 is 2.78 bits per heavy atom. The summed E-state index contributed by atoms with van der Waals surface area (Å²) in [6, 6.07) is 4.66. The first-order chi connectivity index (χ1) is 8.54. The molecule has 0 radical (unpaired) electrons. The van der Waals surface area contributed by atoms with Crippen molar-refractivity contribution in [2.24, 2.45) is 0 Å². The van der Waals surface area contributed by atoms with E-state index in [9.17, 15) is 14.9 Å². The highest BCUT2D eigenvalue weighted by Gasteiger charge is 2.12. The van der Waals surface area contributed by atoms with Crippen molar-refractivity contribution in [3.05, 3.63) is 33.9 Å². The topological polar surface area (TPSA) is 84.3 Å². The van der Waals surface area contributed by atoms with Crippen LogP contribution >= 0.6 is 0 Å². The first-order valence-corrected chi connectivity index (χ1v) is 5.80. The fourth-order valence-corrected chi connectivity index (χ4v) is 1.49. The summed E-state index contributed by atoms with van der Waals surface area (Å²) in [5, 5.41) is 16.4. The summed E-state index contributed by atoms with van der Waals surface area (Å²) in [4.78, 5) is 21.8. The average Bonchev–Trinajstić information content (AvgIpc) is 2.31. The van der Waals surface area contributed by atoms with E-state index in [0.29, 0.717) is 24.2 Å². The van der Waals surface area contributed by atoms with Crippen molar-refractivity contribution < 1.29 is 9.72 Å². The number of nitro benzene ring substituents is 1. The van der Waals surface area contributed by atoms with Gasteiger partial charge < -0.3 is 10.6 Å². The smallest absolute Gasteiger partial charge is 0.274 e. The fraction of sp³-hybridized carbons (Fsp3) is 0.417. The summed E-state index contributed by atoms with van der Waals surface area (Å²) >= 11 is 0. The van der Waals surface area contributed by atoms with Crippen LogP contribution in [-0.4, -0.2) is 23.9 Å². The van der Waals surface area contributed by atoms with Gasteiger partial charge in [0, 0.05) is 30.3 Å². The number of carbonyl (C=O) groups excluding carboxylic acids is 1. The molecule has 98 valence electrons. The third-order valence-corrected chi connectivity index (χ3v) is 2.47. The van der Waals surface area contributed by atoms with Crippen LogP contribution in [0.4, 0.5) is 11.4 Å². The Kier molecular flexibility index (Phi) is 5.26. The summed E-state index contributed by atoms with van der Waals surface area (Å²) in [6.07, 6.45) is 0.343. The van der Waals surface area contributed by atoms with Crippen molar-refractivity contribution in [2.45, 2.75) is 20.3 Å². The van der Waals surface area contributed by atoms with Gasteiger partial charge in [-0.2, -0.15) is 0 Å². The van der Waals surface area contributed by atoms with Crippen molar-refractivity contribution >= 4 is 17.3 Å². The fourth-order valence-electron chi connectivity index (χ4n) is 1.49. The van der Waals surface area contributed by atoms with E-state index in [1.807, 2.05) is 6.92 Å². The molecular formula is C12H17N3O3. The van der Waals surface area contributed by atoms with E-state index in [1.54, 1.807) is 19.1 Å². The van der Waals surface area contributed by atoms with Crippen molar-refractivity contribution in [2.75, 3.05) is 18.4 Å². The molecular weight excluding hydrogens is 234 g/mol. The van der Waals surface area contributed by atoms with Crippen LogP contribution in [0.15, 0.2) is 18.2 Å². The summed E-state index contributed by atoms with van der Waals surface area (Å²) in [7, 11) is 0. The second-order valence-corrected chi connectivity index (χ2v) is 3.91. The highest BCUT2D eigenvalue weighted by molar-refractivity contribution is 5.91. The van der Waals surface area contributed by atoms with Gasteiger partial charge in [0.05, 0.1) is 4.92 Å². The van der Waals surface area contributed by atoms with E-state index >= 15 is 0 Å². The summed E-state index contributed by atoms with van der Waals surface area (Å²) in [5.41, 5.74) is 1.04. The van der Waals surface area contributed by atoms with Crippen LogP contribution in [0.25, 0.3) is 0 Å². The van der Waals surface area contributed by atoms with E-state index in [0.717, 1.165) is 6.54 Å². The van der Waals surface area contributed by atoms with Crippen LogP contribution < -0.4 is 10.6 Å². The minimum absolute atomic E-state index is 0.0134. The number of anilines is 1. The first-order valence-electron chi connectivity index (χ1n) is 5.80. The number of carbonyl (C=O) groups is 1. The van der Waals surface area contributed by atoms with Gasteiger partial charge in [-0.25, -0.2) is 0 Å². The minimum Gasteiger partial charge on any atom is -0.326 e. The molecule has 1 aromatic rings. The Morgan fingerprint density at radius 2 is 2.17 bits per heavy atom. The number of hydrogen-bond acceptors (Lipinski definition) is 4. The Balaban J connectivity index is 2.65. The third-order valence-electron chi connectivity index (χ3n) is 2.47. The molecule has 0 saturated carbocycles. The number of hydrogen-bond donors (Lipinski definition) is 2. The predicted octanol–water partition coefficient (Wildman–Crippen LogP) is 1.84. The third kappa shape index (κ3) is 4.14. The van der Waals surface area contributed by atoms with Gasteiger partial charge in [0.2, 0.25) is 5.91 Å². The molecule has 0 heterocycles. The predicted molar refractivity (Wildman–Crippen MR) is 69.6 cm³/mol. The molecule has 0 saturated heterocycles. The lowest BCUT2D eigenvalue weighted by atomic mass is 10.2. The molecule has 2 N–H and O–H groups in total. The molecule has 1 amide bonds. The maximum atomic E-state index is 11.5. The van der Waals surface area contributed by atoms with Gasteiger partial charge in [0.15, 0.2) is 0 Å². The Labute approximate surface area is 106 Å². The first kappa shape index (κ1) is 14.1. The van der Waals surface area contributed by atoms with Crippen LogP contribution in [0.3, 0.4) is 0 Å². The Hall–Kier alpha value is -1.95. The normalized spacial score (nSPS) is 10.1. The van der Waals surface area contributed by atoms with Gasteiger partial charge >= 0.3 is 0 Å². The summed E-state index contributed by atoms with van der Waals surface area (Å²) < 4.78 is 0. The van der Waals surface area contributed by atoms with Gasteiger partial charge in [-0.1, -0.05) is 13.0 Å². The van der Waals surface area contributed by atoms with Gasteiger partial charge in [-0.05, 0) is 19.5 Å². The molecule has 6 nitrogen and oxygen atoms in total. The van der Waals surface area contributed by atoms with Gasteiger partial charge in [-0.15, -0.1) is 0 Å². The molecule has 18 heavy (non-hydrogen) atoms. The van der Waals surface area contributed by atoms with Crippen molar-refractivity contribution in [1.82, 2.24) is 5.32 Å². The molecule has 1 rings (SSSR count). The SMILES string of the molecule is CCNCCC(=O)Nc1ccc(C)c([N+](=O)[O-])c1. The van der Waals surface area contributed by atoms with Gasteiger partial charge in [-0.3, -0.25) is 14.9 Å². The van der Waals surface area contributed by atoms with E-state index in [1.165, 1.54) is 6.07 Å². The van der Waals surface area contributed by atoms with Crippen molar-refractivity contribution in [3.63, 3.8) is 0 Å². The number of aryl methyl sites for hydroxylation is 1. The molecule has 0 spiro atoms. The molecule has 1 aromatic carbocycles. The number of rotatable bonds is 6.